The summed E-state index contributed by atoms with van der Waals surface area (Å²) in [7, 11) is 0. The second-order valence-corrected chi connectivity index (χ2v) is 11.3. The van der Waals surface area contributed by atoms with E-state index in [1.54, 1.807) is 0 Å². The molecule has 0 aliphatic carbocycles. The van der Waals surface area contributed by atoms with Gasteiger partial charge in [0.15, 0.2) is 0 Å². The Morgan fingerprint density at radius 1 is 0.269 bits per heavy atom. The van der Waals surface area contributed by atoms with Crippen LogP contribution in [0.1, 0.15) is 41.1 Å². The van der Waals surface area contributed by atoms with Gasteiger partial charge in [-0.25, -0.2) is 0 Å². The minimum Gasteiger partial charge on any atom is -0.456 e. The molecular formula is C50H30O2. The predicted molar refractivity (Wildman–Crippen MR) is 218 cm³/mol. The summed E-state index contributed by atoms with van der Waals surface area (Å²) in [5.74, 6) is 0. The lowest BCUT2D eigenvalue weighted by molar-refractivity contribution is 0.663. The number of rotatable bonds is 4. The molecule has 0 aliphatic rings. The Hall–Kier alpha value is -6.90. The molecule has 0 unspecified atom stereocenters. The average molecular weight is 693 g/mol. The molecule has 9 aromatic carbocycles. The zero-order valence-corrected chi connectivity index (χ0v) is 25.8. The molecule has 11 aromatic rings. The monoisotopic (exact) mass is 692 g/mol. The summed E-state index contributed by atoms with van der Waals surface area (Å²) in [5.41, 5.74) is -8.67. The number of hydrogen-bond donors (Lipinski definition) is 0. The van der Waals surface area contributed by atoms with Crippen LogP contribution in [0.25, 0.3) is 110 Å². The third kappa shape index (κ3) is 4.38. The van der Waals surface area contributed by atoms with Crippen molar-refractivity contribution in [3.05, 3.63) is 181 Å². The highest BCUT2D eigenvalue weighted by Gasteiger charge is 2.19. The van der Waals surface area contributed by atoms with Crippen LogP contribution in [0.5, 0.6) is 0 Å². The van der Waals surface area contributed by atoms with Gasteiger partial charge in [0.05, 0.1) is 41.1 Å². The third-order valence-electron chi connectivity index (χ3n) is 8.46. The van der Waals surface area contributed by atoms with Gasteiger partial charge < -0.3 is 8.83 Å². The van der Waals surface area contributed by atoms with Crippen molar-refractivity contribution in [3.8, 4) is 44.5 Å². The minimum absolute atomic E-state index is 0.229. The van der Waals surface area contributed by atoms with Crippen LogP contribution in [0.2, 0.25) is 0 Å². The van der Waals surface area contributed by atoms with Crippen molar-refractivity contribution in [2.75, 3.05) is 0 Å². The quantitative estimate of drug-likeness (QED) is 0.172. The molecule has 52 heavy (non-hydrogen) atoms. The number of para-hydroxylation sites is 1. The number of furan rings is 2. The second-order valence-electron chi connectivity index (χ2n) is 11.3. The zero-order valence-electron chi connectivity index (χ0n) is 55.8. The maximum atomic E-state index is 9.65. The molecule has 0 bridgehead atoms. The van der Waals surface area contributed by atoms with Crippen LogP contribution in [-0.2, 0) is 0 Å². The van der Waals surface area contributed by atoms with E-state index in [0.29, 0.717) is 0 Å². The third-order valence-corrected chi connectivity index (χ3v) is 8.46. The molecule has 2 heterocycles. The molecule has 0 fully saturated rings. The fourth-order valence-electron chi connectivity index (χ4n) is 6.28. The Labute approximate surface area is 341 Å². The van der Waals surface area contributed by atoms with E-state index in [0.717, 1.165) is 0 Å². The fourth-order valence-corrected chi connectivity index (χ4v) is 6.28. The molecule has 11 rings (SSSR count). The Morgan fingerprint density at radius 3 is 1.38 bits per heavy atom. The first-order valence-corrected chi connectivity index (χ1v) is 15.3. The topological polar surface area (TPSA) is 26.3 Å². The Kier molecular flexibility index (Phi) is 2.63. The van der Waals surface area contributed by atoms with Gasteiger partial charge in [0.2, 0.25) is 0 Å². The van der Waals surface area contributed by atoms with Crippen molar-refractivity contribution in [1.29, 1.82) is 0 Å². The van der Waals surface area contributed by atoms with Crippen LogP contribution in [0.4, 0.5) is 0 Å². The van der Waals surface area contributed by atoms with Crippen LogP contribution >= 0.6 is 0 Å². The summed E-state index contributed by atoms with van der Waals surface area (Å²) >= 11 is 0. The van der Waals surface area contributed by atoms with Gasteiger partial charge in [-0.05, 0) is 102 Å². The van der Waals surface area contributed by atoms with Gasteiger partial charge in [-0.3, -0.25) is 0 Å². The lowest BCUT2D eigenvalue weighted by Gasteiger charge is -2.18. The molecular weight excluding hydrogens is 633 g/mol. The molecule has 2 nitrogen and oxygen atoms in total. The molecule has 242 valence electrons. The van der Waals surface area contributed by atoms with Gasteiger partial charge in [0.1, 0.15) is 22.3 Å². The average Bonchev–Trinajstić information content (AvgIpc) is 1.57. The van der Waals surface area contributed by atoms with Gasteiger partial charge in [-0.2, -0.15) is 0 Å². The predicted octanol–water partition coefficient (Wildman–Crippen LogP) is 14.5. The molecule has 0 amide bonds. The van der Waals surface area contributed by atoms with E-state index in [2.05, 4.69) is 0 Å². The smallest absolute Gasteiger partial charge is 0.136 e. The highest BCUT2D eigenvalue weighted by atomic mass is 16.3. The van der Waals surface area contributed by atoms with Crippen LogP contribution < -0.4 is 0 Å². The SMILES string of the molecule is [2H]c1c([2H])c([2H])c(-c2c([2H])c([2H])c([2H])c(-c3c4c([2H])c([2H])c([2H])c([2H])c4c(-c4c([2H])c([2H])c(-c5c([2H])c([2H])c6c(oc7c([2H])c([2H])c8oc9c([2H])c([2H])c([2H])c([2H])c9c8c76)c5[2H])c([2H])c4[2H])c4c([2H])c([2H])c([2H])c([2H])c34)c2[2H])c([2H])c1[2H]. The van der Waals surface area contributed by atoms with Crippen LogP contribution in [0, 0.1) is 0 Å². The summed E-state index contributed by atoms with van der Waals surface area (Å²) < 4.78 is 282. The Balaban J connectivity index is 1.29. The molecule has 0 atom stereocenters. The van der Waals surface area contributed by atoms with Gasteiger partial charge in [-0.15, -0.1) is 0 Å². The first kappa shape index (κ1) is 12.1. The van der Waals surface area contributed by atoms with E-state index < -0.39 is 275 Å². The fraction of sp³-hybridized carbons (Fsp3) is 0. The van der Waals surface area contributed by atoms with Crippen molar-refractivity contribution < 1.29 is 50.0 Å². The molecule has 0 radical (unpaired) electrons. The molecule has 2 heteroatoms. The van der Waals surface area contributed by atoms with E-state index in [-0.39, 0.29) is 16.2 Å². The Bertz CT molecular complexity index is 4780. The Morgan fingerprint density at radius 2 is 0.712 bits per heavy atom. The van der Waals surface area contributed by atoms with Crippen molar-refractivity contribution in [2.24, 2.45) is 0 Å². The largest absolute Gasteiger partial charge is 0.456 e. The summed E-state index contributed by atoms with van der Waals surface area (Å²) in [6, 6.07) is -28.4. The number of benzene rings is 9. The van der Waals surface area contributed by atoms with E-state index >= 15 is 0 Å². The van der Waals surface area contributed by atoms with E-state index in [9.17, 15) is 17.8 Å². The van der Waals surface area contributed by atoms with Crippen molar-refractivity contribution in [1.82, 2.24) is 0 Å². The maximum Gasteiger partial charge on any atom is 0.136 e. The molecule has 0 spiro atoms. The van der Waals surface area contributed by atoms with Crippen molar-refractivity contribution in [2.45, 2.75) is 0 Å². The second kappa shape index (κ2) is 11.3. The zero-order chi connectivity index (χ0) is 60.3. The van der Waals surface area contributed by atoms with Crippen LogP contribution in [0.15, 0.2) is 190 Å². The van der Waals surface area contributed by atoms with Crippen molar-refractivity contribution in [3.63, 3.8) is 0 Å². The molecule has 0 N–H and O–H groups in total. The number of hydrogen-bond acceptors (Lipinski definition) is 2. The van der Waals surface area contributed by atoms with Gasteiger partial charge in [-0.1, -0.05) is 145 Å². The first-order chi connectivity index (χ1) is 38.3. The summed E-state index contributed by atoms with van der Waals surface area (Å²) in [6.45, 7) is 0. The normalized spacial score (nSPS) is 19.9. The molecule has 2 aromatic heterocycles. The summed E-state index contributed by atoms with van der Waals surface area (Å²) in [6.07, 6.45) is 0. The van der Waals surface area contributed by atoms with Crippen molar-refractivity contribution >= 4 is 65.4 Å². The first-order valence-electron chi connectivity index (χ1n) is 30.3. The van der Waals surface area contributed by atoms with E-state index in [4.69, 9.17) is 32.1 Å². The van der Waals surface area contributed by atoms with E-state index in [1.807, 2.05) is 0 Å². The lowest BCUT2D eigenvalue weighted by atomic mass is 9.85. The summed E-state index contributed by atoms with van der Waals surface area (Å²) in [5, 5.41) is -4.41. The van der Waals surface area contributed by atoms with E-state index in [1.165, 1.54) is 0 Å². The highest BCUT2D eigenvalue weighted by Crippen LogP contribution is 2.45. The maximum absolute atomic E-state index is 9.65. The molecule has 0 saturated heterocycles. The lowest BCUT2D eigenvalue weighted by Crippen LogP contribution is -1.91. The van der Waals surface area contributed by atoms with Crippen LogP contribution in [0.3, 0.4) is 0 Å². The minimum atomic E-state index is -1.13. The van der Waals surface area contributed by atoms with Gasteiger partial charge in [0, 0.05) is 21.5 Å². The molecule has 0 saturated carbocycles. The van der Waals surface area contributed by atoms with Crippen LogP contribution in [-0.4, -0.2) is 0 Å². The summed E-state index contributed by atoms with van der Waals surface area (Å²) in [4.78, 5) is 0. The molecule has 0 aliphatic heterocycles. The van der Waals surface area contributed by atoms with Gasteiger partial charge in [0.25, 0.3) is 0 Å². The van der Waals surface area contributed by atoms with Gasteiger partial charge >= 0.3 is 0 Å². The highest BCUT2D eigenvalue weighted by molar-refractivity contribution is 6.26. The standard InChI is InChI=1S/C50H30O2/c1-2-11-31(12-3-1)34-13-10-14-36(29-34)48-39-17-6-4-15-37(39)47(38-16-5-7-18-40(38)48)33-23-21-32(22-24-33)35-25-26-42-46(30-35)52-45-28-27-44-49(50(42)45)41-19-8-9-20-43(41)51-44/h1-30H/i1D,2D,3D,4D,5D,6D,7D,8D,9D,10D,11D,12D,13D,14D,15D,16D,17D,18D,19D,20D,21D,22D,23D,24D,25D,26D,27D,28D,29D,30D. The number of fused-ring (bicyclic) bond motifs is 9.